The lowest BCUT2D eigenvalue weighted by Crippen LogP contribution is -2.51. The summed E-state index contributed by atoms with van der Waals surface area (Å²) in [7, 11) is 0. The maximum absolute atomic E-state index is 12.0. The monoisotopic (exact) mass is 324 g/mol. The molecule has 2 heterocycles. The zero-order valence-electron chi connectivity index (χ0n) is 13.6. The van der Waals surface area contributed by atoms with Crippen LogP contribution < -0.4 is 0 Å². The van der Waals surface area contributed by atoms with Gasteiger partial charge in [0.1, 0.15) is 11.4 Å². The molecule has 0 saturated carbocycles. The number of nitriles is 1. The van der Waals surface area contributed by atoms with E-state index in [0.29, 0.717) is 38.0 Å². The first-order valence-electron chi connectivity index (χ1n) is 8.01. The summed E-state index contributed by atoms with van der Waals surface area (Å²) < 4.78 is 1.79. The zero-order valence-corrected chi connectivity index (χ0v) is 13.6. The first-order chi connectivity index (χ1) is 11.6. The van der Waals surface area contributed by atoms with Crippen LogP contribution >= 0.6 is 0 Å². The largest absolute Gasteiger partial charge is 0.479 e. The molecule has 1 aliphatic heterocycles. The van der Waals surface area contributed by atoms with Crippen molar-refractivity contribution in [3.63, 3.8) is 0 Å². The fourth-order valence-corrected chi connectivity index (χ4v) is 3.48. The molecule has 0 unspecified atom stereocenters. The summed E-state index contributed by atoms with van der Waals surface area (Å²) >= 11 is 0. The lowest BCUT2D eigenvalue weighted by Gasteiger charge is -2.40. The van der Waals surface area contributed by atoms with Gasteiger partial charge < -0.3 is 9.67 Å². The van der Waals surface area contributed by atoms with Crippen molar-refractivity contribution in [3.05, 3.63) is 53.6 Å². The summed E-state index contributed by atoms with van der Waals surface area (Å²) in [6.07, 6.45) is 4.45. The minimum atomic E-state index is -0.925. The Hall–Kier alpha value is -2.65. The second kappa shape index (κ2) is 6.46. The third-order valence-corrected chi connectivity index (χ3v) is 4.90. The molecular weight excluding hydrogens is 304 g/mol. The summed E-state index contributed by atoms with van der Waals surface area (Å²) in [6.45, 7) is 3.84. The van der Waals surface area contributed by atoms with Gasteiger partial charge in [0.2, 0.25) is 0 Å². The number of carboxylic acid groups (broad SMARTS) is 1. The number of carbonyl (C=O) groups is 1. The molecule has 6 heteroatoms. The van der Waals surface area contributed by atoms with Crippen molar-refractivity contribution < 1.29 is 9.90 Å². The molecule has 24 heavy (non-hydrogen) atoms. The number of rotatable bonds is 4. The smallest absolute Gasteiger partial charge is 0.330 e. The number of aromatic nitrogens is 2. The number of nitrogens with zero attached hydrogens (tertiary/aromatic N) is 4. The lowest BCUT2D eigenvalue weighted by molar-refractivity contribution is -0.150. The molecule has 0 aliphatic carbocycles. The van der Waals surface area contributed by atoms with E-state index >= 15 is 0 Å². The molecule has 1 fully saturated rings. The van der Waals surface area contributed by atoms with Gasteiger partial charge in [-0.15, -0.1) is 0 Å². The quantitative estimate of drug-likeness (QED) is 0.932. The molecule has 1 saturated heterocycles. The highest BCUT2D eigenvalue weighted by Crippen LogP contribution is 2.32. The van der Waals surface area contributed by atoms with Crippen LogP contribution in [0.5, 0.6) is 0 Å². The van der Waals surface area contributed by atoms with Crippen molar-refractivity contribution in [1.29, 1.82) is 5.26 Å². The van der Waals surface area contributed by atoms with Gasteiger partial charge in [-0.1, -0.05) is 18.2 Å². The minimum absolute atomic E-state index is 0.522. The fourth-order valence-electron chi connectivity index (χ4n) is 3.48. The molecule has 1 aliphatic rings. The third kappa shape index (κ3) is 2.79. The first kappa shape index (κ1) is 16.2. The van der Waals surface area contributed by atoms with Crippen molar-refractivity contribution in [2.24, 2.45) is 0 Å². The molecule has 2 aromatic rings. The summed E-state index contributed by atoms with van der Waals surface area (Å²) in [5.41, 5.74) is 0.742. The van der Waals surface area contributed by atoms with Crippen molar-refractivity contribution in [2.45, 2.75) is 31.8 Å². The van der Waals surface area contributed by atoms with Gasteiger partial charge in [-0.3, -0.25) is 4.90 Å². The van der Waals surface area contributed by atoms with E-state index in [9.17, 15) is 15.2 Å². The average Bonchev–Trinajstić information content (AvgIpc) is 3.02. The number of carboxylic acids is 1. The highest BCUT2D eigenvalue weighted by Gasteiger charge is 2.43. The van der Waals surface area contributed by atoms with Crippen LogP contribution in [0.3, 0.4) is 0 Å². The molecule has 0 radical (unpaired) electrons. The highest BCUT2D eigenvalue weighted by atomic mass is 16.4. The Bertz CT molecular complexity index is 782. The van der Waals surface area contributed by atoms with Crippen LogP contribution in [0.4, 0.5) is 0 Å². The SMILES string of the molecule is Cc1nccn1C1(C(=O)O)CCN(Cc2ccccc2C#N)CC1. The van der Waals surface area contributed by atoms with E-state index in [4.69, 9.17) is 0 Å². The van der Waals surface area contributed by atoms with Crippen molar-refractivity contribution >= 4 is 5.97 Å². The van der Waals surface area contributed by atoms with Gasteiger partial charge in [-0.2, -0.15) is 5.26 Å². The van der Waals surface area contributed by atoms with Crippen LogP contribution in [0.1, 0.15) is 29.8 Å². The van der Waals surface area contributed by atoms with Crippen LogP contribution in [0.25, 0.3) is 0 Å². The normalized spacial score (nSPS) is 17.3. The molecule has 0 atom stereocenters. The first-order valence-corrected chi connectivity index (χ1v) is 8.01. The van der Waals surface area contributed by atoms with Gasteiger partial charge in [0.05, 0.1) is 11.6 Å². The van der Waals surface area contributed by atoms with E-state index in [-0.39, 0.29) is 0 Å². The number of likely N-dealkylation sites (tertiary alicyclic amines) is 1. The Morgan fingerprint density at radius 2 is 2.08 bits per heavy atom. The number of hydrogen-bond acceptors (Lipinski definition) is 4. The number of aryl methyl sites for hydroxylation is 1. The van der Waals surface area contributed by atoms with Crippen molar-refractivity contribution in [2.75, 3.05) is 13.1 Å². The van der Waals surface area contributed by atoms with E-state index in [1.54, 1.807) is 17.0 Å². The molecule has 124 valence electrons. The van der Waals surface area contributed by atoms with Gasteiger partial charge in [0.25, 0.3) is 0 Å². The number of hydrogen-bond donors (Lipinski definition) is 1. The standard InChI is InChI=1S/C18H20N4O2/c1-14-20-8-11-22(14)18(17(23)24)6-9-21(10-7-18)13-16-5-3-2-4-15(16)12-19/h2-5,8,11H,6-7,9-10,13H2,1H3,(H,23,24). The van der Waals surface area contributed by atoms with Crippen molar-refractivity contribution in [3.8, 4) is 6.07 Å². The molecule has 1 N–H and O–H groups in total. The topological polar surface area (TPSA) is 82.2 Å². The lowest BCUT2D eigenvalue weighted by atomic mass is 9.86. The van der Waals surface area contributed by atoms with Crippen LogP contribution in [-0.4, -0.2) is 38.6 Å². The molecule has 0 bridgehead atoms. The van der Waals surface area contributed by atoms with E-state index in [1.807, 2.05) is 31.2 Å². The molecular formula is C18H20N4O2. The van der Waals surface area contributed by atoms with Gasteiger partial charge in [0.15, 0.2) is 0 Å². The number of aliphatic carboxylic acids is 1. The van der Waals surface area contributed by atoms with Crippen LogP contribution in [0, 0.1) is 18.3 Å². The average molecular weight is 324 g/mol. The molecule has 1 aromatic heterocycles. The second-order valence-electron chi connectivity index (χ2n) is 6.23. The Labute approximate surface area is 141 Å². The maximum Gasteiger partial charge on any atom is 0.330 e. The molecule has 0 amide bonds. The number of imidazole rings is 1. The summed E-state index contributed by atoms with van der Waals surface area (Å²) in [4.78, 5) is 18.4. The summed E-state index contributed by atoms with van der Waals surface area (Å²) in [5, 5.41) is 19.0. The highest BCUT2D eigenvalue weighted by molar-refractivity contribution is 5.77. The van der Waals surface area contributed by atoms with E-state index in [0.717, 1.165) is 11.4 Å². The second-order valence-corrected chi connectivity index (χ2v) is 6.23. The Balaban J connectivity index is 1.76. The maximum atomic E-state index is 12.0. The van der Waals surface area contributed by atoms with E-state index in [2.05, 4.69) is 16.0 Å². The number of benzene rings is 1. The van der Waals surface area contributed by atoms with E-state index < -0.39 is 11.5 Å². The predicted molar refractivity (Wildman–Crippen MR) is 88.2 cm³/mol. The molecule has 3 rings (SSSR count). The minimum Gasteiger partial charge on any atom is -0.479 e. The van der Waals surface area contributed by atoms with E-state index in [1.165, 1.54) is 0 Å². The van der Waals surface area contributed by atoms with Gasteiger partial charge in [-0.05, 0) is 31.4 Å². The van der Waals surface area contributed by atoms with Crippen LogP contribution in [0.2, 0.25) is 0 Å². The molecule has 6 nitrogen and oxygen atoms in total. The predicted octanol–water partition coefficient (Wildman–Crippen LogP) is 2.14. The van der Waals surface area contributed by atoms with Gasteiger partial charge >= 0.3 is 5.97 Å². The third-order valence-electron chi connectivity index (χ3n) is 4.90. The Morgan fingerprint density at radius 1 is 1.38 bits per heavy atom. The van der Waals surface area contributed by atoms with Crippen LogP contribution in [0.15, 0.2) is 36.7 Å². The number of piperidine rings is 1. The van der Waals surface area contributed by atoms with Gasteiger partial charge in [-0.25, -0.2) is 9.78 Å². The summed E-state index contributed by atoms with van der Waals surface area (Å²) in [5.74, 6) is -0.0821. The van der Waals surface area contributed by atoms with Crippen molar-refractivity contribution in [1.82, 2.24) is 14.5 Å². The van der Waals surface area contributed by atoms with Crippen LogP contribution in [-0.2, 0) is 16.9 Å². The molecule has 1 aromatic carbocycles. The fraction of sp³-hybridized carbons (Fsp3) is 0.389. The Kier molecular flexibility index (Phi) is 4.36. The Morgan fingerprint density at radius 3 is 2.67 bits per heavy atom. The zero-order chi connectivity index (χ0) is 17.2. The summed E-state index contributed by atoms with van der Waals surface area (Å²) in [6, 6.07) is 9.77. The van der Waals surface area contributed by atoms with Gasteiger partial charge in [0, 0.05) is 32.0 Å². The molecule has 0 spiro atoms.